The van der Waals surface area contributed by atoms with E-state index in [1.165, 1.54) is 4.57 Å². The number of carboxylic acid groups (broad SMARTS) is 1. The zero-order valence-corrected chi connectivity index (χ0v) is 11.6. The van der Waals surface area contributed by atoms with E-state index < -0.39 is 34.3 Å². The number of hydrogen-bond donors (Lipinski definition) is 1. The van der Waals surface area contributed by atoms with Crippen molar-refractivity contribution in [2.24, 2.45) is 0 Å². The summed E-state index contributed by atoms with van der Waals surface area (Å²) in [5.74, 6) is -4.34. The molecule has 0 aliphatic carbocycles. The van der Waals surface area contributed by atoms with E-state index in [1.54, 1.807) is 13.8 Å². The summed E-state index contributed by atoms with van der Waals surface area (Å²) in [6.07, 6.45) is 1.11. The number of ether oxygens (including phenoxy) is 1. The molecule has 0 aliphatic rings. The van der Waals surface area contributed by atoms with Crippen LogP contribution in [-0.2, 0) is 0 Å². The number of aromatic nitrogens is 1. The Hall–Kier alpha value is -2.44. The van der Waals surface area contributed by atoms with Crippen LogP contribution >= 0.6 is 0 Å². The van der Waals surface area contributed by atoms with Crippen molar-refractivity contribution in [1.82, 2.24) is 4.57 Å². The van der Waals surface area contributed by atoms with Crippen molar-refractivity contribution in [3.8, 4) is 5.75 Å². The van der Waals surface area contributed by atoms with Crippen LogP contribution in [0, 0.1) is 11.6 Å². The van der Waals surface area contributed by atoms with Gasteiger partial charge in [0.1, 0.15) is 5.56 Å². The second-order valence-corrected chi connectivity index (χ2v) is 4.78. The molecule has 1 N–H and O–H groups in total. The minimum Gasteiger partial charge on any atom is -0.491 e. The molecule has 0 atom stereocenters. The molecule has 0 fully saturated rings. The van der Waals surface area contributed by atoms with Crippen molar-refractivity contribution in [1.29, 1.82) is 0 Å². The molecule has 0 saturated carbocycles. The number of benzene rings is 1. The molecular weight excluding hydrogens is 284 g/mol. The first-order valence-electron chi connectivity index (χ1n) is 6.13. The van der Waals surface area contributed by atoms with Gasteiger partial charge in [-0.3, -0.25) is 4.79 Å². The van der Waals surface area contributed by atoms with E-state index >= 15 is 0 Å². The number of halogens is 2. The van der Waals surface area contributed by atoms with Crippen LogP contribution in [0.1, 0.15) is 30.2 Å². The zero-order chi connectivity index (χ0) is 15.9. The van der Waals surface area contributed by atoms with Crippen LogP contribution < -0.4 is 10.2 Å². The maximum absolute atomic E-state index is 13.8. The molecule has 1 heterocycles. The highest BCUT2D eigenvalue weighted by Gasteiger charge is 2.23. The lowest BCUT2D eigenvalue weighted by molar-refractivity contribution is 0.0694. The highest BCUT2D eigenvalue weighted by molar-refractivity contribution is 5.94. The summed E-state index contributed by atoms with van der Waals surface area (Å²) in [5.41, 5.74) is -1.36. The SMILES string of the molecule is COc1c(F)c(F)cc2c(=O)c(C(=O)O)cn(C(C)C)c12. The molecule has 21 heavy (non-hydrogen) atoms. The van der Waals surface area contributed by atoms with Gasteiger partial charge in [-0.15, -0.1) is 0 Å². The number of aromatic carboxylic acids is 1. The van der Waals surface area contributed by atoms with Crippen molar-refractivity contribution in [2.75, 3.05) is 7.11 Å². The minimum absolute atomic E-state index is 0.0291. The highest BCUT2D eigenvalue weighted by Crippen LogP contribution is 2.31. The number of rotatable bonds is 3. The van der Waals surface area contributed by atoms with Crippen molar-refractivity contribution in [3.05, 3.63) is 39.7 Å². The van der Waals surface area contributed by atoms with E-state index in [-0.39, 0.29) is 16.9 Å². The van der Waals surface area contributed by atoms with Gasteiger partial charge in [0.05, 0.1) is 18.0 Å². The molecule has 0 radical (unpaired) electrons. The summed E-state index contributed by atoms with van der Waals surface area (Å²) in [4.78, 5) is 23.3. The van der Waals surface area contributed by atoms with Gasteiger partial charge in [0.15, 0.2) is 11.6 Å². The standard InChI is InChI=1S/C14H13F2NO4/c1-6(2)17-5-8(14(19)20)12(18)7-4-9(15)10(16)13(21-3)11(7)17/h4-6H,1-3H3,(H,19,20). The van der Waals surface area contributed by atoms with Gasteiger partial charge in [-0.25, -0.2) is 9.18 Å². The molecule has 5 nitrogen and oxygen atoms in total. The Morgan fingerprint density at radius 2 is 2.00 bits per heavy atom. The third-order valence-electron chi connectivity index (χ3n) is 3.16. The molecule has 0 amide bonds. The second-order valence-electron chi connectivity index (χ2n) is 4.78. The molecule has 1 aromatic carbocycles. The second kappa shape index (κ2) is 5.16. The predicted molar refractivity (Wildman–Crippen MR) is 72.0 cm³/mol. The van der Waals surface area contributed by atoms with Crippen LogP contribution in [0.4, 0.5) is 8.78 Å². The quantitative estimate of drug-likeness (QED) is 0.945. The van der Waals surface area contributed by atoms with Crippen LogP contribution in [0.15, 0.2) is 17.1 Å². The maximum atomic E-state index is 13.8. The Labute approximate surface area is 118 Å². The summed E-state index contributed by atoms with van der Waals surface area (Å²) < 4.78 is 33.7. The molecule has 2 aromatic rings. The van der Waals surface area contributed by atoms with Crippen LogP contribution in [0.3, 0.4) is 0 Å². The molecule has 112 valence electrons. The number of nitrogens with zero attached hydrogens (tertiary/aromatic N) is 1. The van der Waals surface area contributed by atoms with E-state index in [4.69, 9.17) is 9.84 Å². The number of carbonyl (C=O) groups is 1. The lowest BCUT2D eigenvalue weighted by Crippen LogP contribution is -2.20. The van der Waals surface area contributed by atoms with Crippen molar-refractivity contribution >= 4 is 16.9 Å². The average Bonchev–Trinajstić information content (AvgIpc) is 2.41. The zero-order valence-electron chi connectivity index (χ0n) is 11.6. The summed E-state index contributed by atoms with van der Waals surface area (Å²) in [6, 6.07) is 0.408. The van der Waals surface area contributed by atoms with Crippen molar-refractivity contribution < 1.29 is 23.4 Å². The van der Waals surface area contributed by atoms with Crippen LogP contribution in [0.2, 0.25) is 0 Å². The summed E-state index contributed by atoms with van der Waals surface area (Å²) in [7, 11) is 1.15. The summed E-state index contributed by atoms with van der Waals surface area (Å²) in [6.45, 7) is 3.44. The molecule has 2 rings (SSSR count). The lowest BCUT2D eigenvalue weighted by atomic mass is 10.1. The monoisotopic (exact) mass is 297 g/mol. The molecule has 0 saturated heterocycles. The first-order chi connectivity index (χ1) is 9.79. The lowest BCUT2D eigenvalue weighted by Gasteiger charge is -2.18. The van der Waals surface area contributed by atoms with E-state index in [0.29, 0.717) is 6.07 Å². The molecule has 0 unspecified atom stereocenters. The van der Waals surface area contributed by atoms with Gasteiger partial charge in [0.25, 0.3) is 0 Å². The van der Waals surface area contributed by atoms with Gasteiger partial charge in [0.2, 0.25) is 11.2 Å². The van der Waals surface area contributed by atoms with Crippen LogP contribution in [-0.4, -0.2) is 22.8 Å². The molecule has 0 bridgehead atoms. The largest absolute Gasteiger partial charge is 0.491 e. The van der Waals surface area contributed by atoms with Crippen LogP contribution in [0.5, 0.6) is 5.75 Å². The Morgan fingerprint density at radius 3 is 2.48 bits per heavy atom. The highest BCUT2D eigenvalue weighted by atomic mass is 19.2. The van der Waals surface area contributed by atoms with Gasteiger partial charge in [-0.1, -0.05) is 0 Å². The minimum atomic E-state index is -1.43. The topological polar surface area (TPSA) is 68.5 Å². The van der Waals surface area contributed by atoms with Crippen molar-refractivity contribution in [2.45, 2.75) is 19.9 Å². The van der Waals surface area contributed by atoms with Gasteiger partial charge in [0, 0.05) is 12.2 Å². The predicted octanol–water partition coefficient (Wildman–Crippen LogP) is 2.57. The van der Waals surface area contributed by atoms with Gasteiger partial charge in [-0.2, -0.15) is 4.39 Å². The average molecular weight is 297 g/mol. The Kier molecular flexibility index (Phi) is 3.67. The Balaban J connectivity index is 3.12. The molecule has 7 heteroatoms. The fourth-order valence-corrected chi connectivity index (χ4v) is 2.18. The molecule has 0 aliphatic heterocycles. The fourth-order valence-electron chi connectivity index (χ4n) is 2.18. The van der Waals surface area contributed by atoms with Crippen molar-refractivity contribution in [3.63, 3.8) is 0 Å². The smallest absolute Gasteiger partial charge is 0.341 e. The Morgan fingerprint density at radius 1 is 1.38 bits per heavy atom. The normalized spacial score (nSPS) is 11.1. The van der Waals surface area contributed by atoms with Gasteiger partial charge < -0.3 is 14.4 Å². The number of hydrogen-bond acceptors (Lipinski definition) is 3. The summed E-state index contributed by atoms with van der Waals surface area (Å²) >= 11 is 0. The number of pyridine rings is 1. The van der Waals surface area contributed by atoms with E-state index in [1.807, 2.05) is 0 Å². The third kappa shape index (κ3) is 2.24. The Bertz CT molecular complexity index is 796. The van der Waals surface area contributed by atoms with Crippen LogP contribution in [0.25, 0.3) is 10.9 Å². The van der Waals surface area contributed by atoms with E-state index in [9.17, 15) is 18.4 Å². The fraction of sp³-hybridized carbons (Fsp3) is 0.286. The first kappa shape index (κ1) is 15.0. The maximum Gasteiger partial charge on any atom is 0.341 e. The van der Waals surface area contributed by atoms with Gasteiger partial charge >= 0.3 is 5.97 Å². The molecular formula is C14H13F2NO4. The summed E-state index contributed by atoms with van der Waals surface area (Å²) in [5, 5.41) is 8.83. The van der Waals surface area contributed by atoms with Gasteiger partial charge in [-0.05, 0) is 19.9 Å². The molecule has 1 aromatic heterocycles. The van der Waals surface area contributed by atoms with E-state index in [0.717, 1.165) is 13.3 Å². The molecule has 0 spiro atoms. The number of fused-ring (bicyclic) bond motifs is 1. The van der Waals surface area contributed by atoms with E-state index in [2.05, 4.69) is 0 Å². The number of methoxy groups -OCH3 is 1. The number of carboxylic acids is 1. The first-order valence-corrected chi connectivity index (χ1v) is 6.13. The third-order valence-corrected chi connectivity index (χ3v) is 3.16.